The molecule has 0 aromatic heterocycles. The number of nitrogens with zero attached hydrogens (tertiary/aromatic N) is 1. The monoisotopic (exact) mass is 302 g/mol. The summed E-state index contributed by atoms with van der Waals surface area (Å²) >= 11 is 0. The van der Waals surface area contributed by atoms with E-state index in [9.17, 15) is 21.6 Å². The molecule has 8 heteroatoms. The van der Waals surface area contributed by atoms with E-state index in [4.69, 9.17) is 0 Å². The number of rotatable bonds is 8. The zero-order chi connectivity index (χ0) is 14.7. The fraction of sp³-hybridized carbons (Fsp3) is 1.00. The third-order valence-corrected chi connectivity index (χ3v) is 5.18. The second-order valence-electron chi connectivity index (χ2n) is 4.99. The fourth-order valence-electron chi connectivity index (χ4n) is 1.73. The highest BCUT2D eigenvalue weighted by Gasteiger charge is 2.38. The van der Waals surface area contributed by atoms with E-state index in [-0.39, 0.29) is 13.1 Å². The normalized spacial score (nSPS) is 18.8. The van der Waals surface area contributed by atoms with Gasteiger partial charge in [-0.25, -0.2) is 8.42 Å². The lowest BCUT2D eigenvalue weighted by Gasteiger charge is -2.26. The summed E-state index contributed by atoms with van der Waals surface area (Å²) in [5.74, 6) is 0. The van der Waals surface area contributed by atoms with E-state index in [1.54, 1.807) is 6.92 Å². The lowest BCUT2D eigenvalue weighted by atomic mass is 10.4. The highest BCUT2D eigenvalue weighted by atomic mass is 32.2. The third kappa shape index (κ3) is 5.66. The first-order valence-corrected chi connectivity index (χ1v) is 7.96. The molecule has 1 N–H and O–H groups in total. The minimum absolute atomic E-state index is 0.102. The number of hydrogen-bond acceptors (Lipinski definition) is 3. The quantitative estimate of drug-likeness (QED) is 0.743. The van der Waals surface area contributed by atoms with E-state index in [1.807, 2.05) is 0 Å². The van der Waals surface area contributed by atoms with Crippen molar-refractivity contribution in [2.45, 2.75) is 50.6 Å². The molecule has 1 atom stereocenters. The predicted octanol–water partition coefficient (Wildman–Crippen LogP) is 1.73. The van der Waals surface area contributed by atoms with Crippen LogP contribution in [0.3, 0.4) is 0 Å². The van der Waals surface area contributed by atoms with Crippen LogP contribution in [-0.4, -0.2) is 49.8 Å². The molecule has 0 spiro atoms. The zero-order valence-corrected chi connectivity index (χ0v) is 12.0. The van der Waals surface area contributed by atoms with Crippen LogP contribution >= 0.6 is 0 Å². The number of hydrogen-bond donors (Lipinski definition) is 1. The maximum Gasteiger partial charge on any atom is 0.402 e. The lowest BCUT2D eigenvalue weighted by molar-refractivity contribution is -0.136. The molecular weight excluding hydrogens is 281 g/mol. The molecule has 0 amide bonds. The molecule has 0 radical (unpaired) electrons. The predicted molar refractivity (Wildman–Crippen MR) is 67.3 cm³/mol. The first-order chi connectivity index (χ1) is 8.66. The van der Waals surface area contributed by atoms with Gasteiger partial charge < -0.3 is 5.32 Å². The lowest BCUT2D eigenvalue weighted by Crippen LogP contribution is -2.46. The Morgan fingerprint density at radius 1 is 1.37 bits per heavy atom. The van der Waals surface area contributed by atoms with E-state index in [1.165, 1.54) is 6.92 Å². The molecule has 114 valence electrons. The topological polar surface area (TPSA) is 49.4 Å². The standard InChI is InChI=1S/C11H21F3N2O2S/c1-3-6-16(8-11(12,13)14)19(17,18)9(2)7-15-10-4-5-10/h9-10,15H,3-8H2,1-2H3. The summed E-state index contributed by atoms with van der Waals surface area (Å²) < 4.78 is 62.1. The number of halogens is 3. The molecular formula is C11H21F3N2O2S. The van der Waals surface area contributed by atoms with Crippen molar-refractivity contribution in [2.75, 3.05) is 19.6 Å². The molecule has 0 aromatic carbocycles. The van der Waals surface area contributed by atoms with Crippen molar-refractivity contribution < 1.29 is 21.6 Å². The van der Waals surface area contributed by atoms with Gasteiger partial charge in [0.15, 0.2) is 0 Å². The van der Waals surface area contributed by atoms with Crippen molar-refractivity contribution in [3.05, 3.63) is 0 Å². The first-order valence-electron chi connectivity index (χ1n) is 6.46. The summed E-state index contributed by atoms with van der Waals surface area (Å²) in [5.41, 5.74) is 0. The van der Waals surface area contributed by atoms with Gasteiger partial charge in [0.25, 0.3) is 0 Å². The Balaban J connectivity index is 2.66. The van der Waals surface area contributed by atoms with Crippen LogP contribution in [0.5, 0.6) is 0 Å². The third-order valence-electron chi connectivity index (χ3n) is 2.97. The van der Waals surface area contributed by atoms with E-state index in [0.717, 1.165) is 12.8 Å². The molecule has 1 aliphatic carbocycles. The van der Waals surface area contributed by atoms with Crippen molar-refractivity contribution in [2.24, 2.45) is 0 Å². The van der Waals surface area contributed by atoms with Crippen LogP contribution in [0, 0.1) is 0 Å². The van der Waals surface area contributed by atoms with Crippen molar-refractivity contribution in [1.29, 1.82) is 0 Å². The average molecular weight is 302 g/mol. The van der Waals surface area contributed by atoms with Gasteiger partial charge in [-0.15, -0.1) is 0 Å². The van der Waals surface area contributed by atoms with Gasteiger partial charge in [0.1, 0.15) is 6.54 Å². The van der Waals surface area contributed by atoms with Crippen LogP contribution in [-0.2, 0) is 10.0 Å². The molecule has 19 heavy (non-hydrogen) atoms. The molecule has 1 aliphatic rings. The maximum absolute atomic E-state index is 12.4. The van der Waals surface area contributed by atoms with Gasteiger partial charge in [-0.1, -0.05) is 6.92 Å². The average Bonchev–Trinajstić information content (AvgIpc) is 3.07. The minimum atomic E-state index is -4.51. The van der Waals surface area contributed by atoms with Gasteiger partial charge >= 0.3 is 6.18 Å². The van der Waals surface area contributed by atoms with Crippen LogP contribution in [0.4, 0.5) is 13.2 Å². The van der Waals surface area contributed by atoms with Gasteiger partial charge in [-0.05, 0) is 26.2 Å². The van der Waals surface area contributed by atoms with Gasteiger partial charge in [-0.3, -0.25) is 0 Å². The summed E-state index contributed by atoms with van der Waals surface area (Å²) in [4.78, 5) is 0. The van der Waals surface area contributed by atoms with E-state index >= 15 is 0 Å². The fourth-order valence-corrected chi connectivity index (χ4v) is 3.30. The smallest absolute Gasteiger partial charge is 0.313 e. The van der Waals surface area contributed by atoms with Crippen LogP contribution in [0.15, 0.2) is 0 Å². The molecule has 4 nitrogen and oxygen atoms in total. The van der Waals surface area contributed by atoms with Crippen molar-refractivity contribution in [3.63, 3.8) is 0 Å². The Bertz CT molecular complexity index is 380. The van der Waals surface area contributed by atoms with Crippen molar-refractivity contribution in [1.82, 2.24) is 9.62 Å². The Hall–Kier alpha value is -0.340. The molecule has 1 saturated carbocycles. The maximum atomic E-state index is 12.4. The second kappa shape index (κ2) is 6.41. The largest absolute Gasteiger partial charge is 0.402 e. The summed E-state index contributed by atoms with van der Waals surface area (Å²) in [5, 5.41) is 2.19. The molecule has 0 aromatic rings. The van der Waals surface area contributed by atoms with Crippen LogP contribution in [0.25, 0.3) is 0 Å². The molecule has 1 rings (SSSR count). The van der Waals surface area contributed by atoms with Gasteiger partial charge in [0, 0.05) is 19.1 Å². The highest BCUT2D eigenvalue weighted by molar-refractivity contribution is 7.89. The van der Waals surface area contributed by atoms with Gasteiger partial charge in [0.05, 0.1) is 5.25 Å². The summed E-state index contributed by atoms with van der Waals surface area (Å²) in [6.45, 7) is 1.80. The molecule has 1 fully saturated rings. The van der Waals surface area contributed by atoms with Crippen molar-refractivity contribution in [3.8, 4) is 0 Å². The second-order valence-corrected chi connectivity index (χ2v) is 7.34. The van der Waals surface area contributed by atoms with Crippen molar-refractivity contribution >= 4 is 10.0 Å². The molecule has 0 bridgehead atoms. The molecule has 0 heterocycles. The van der Waals surface area contributed by atoms with Crippen LogP contribution < -0.4 is 5.32 Å². The first kappa shape index (κ1) is 16.7. The Kier molecular flexibility index (Phi) is 5.64. The molecule has 1 unspecified atom stereocenters. The van der Waals surface area contributed by atoms with E-state index in [2.05, 4.69) is 5.32 Å². The Labute approximate surface area is 112 Å². The SMILES string of the molecule is CCCN(CC(F)(F)F)S(=O)(=O)C(C)CNC1CC1. The number of alkyl halides is 3. The Morgan fingerprint density at radius 2 is 1.95 bits per heavy atom. The van der Waals surface area contributed by atoms with Gasteiger partial charge in [0.2, 0.25) is 10.0 Å². The highest BCUT2D eigenvalue weighted by Crippen LogP contribution is 2.22. The summed E-state index contributed by atoms with van der Waals surface area (Å²) in [7, 11) is -3.91. The van der Waals surface area contributed by atoms with Crippen LogP contribution in [0.2, 0.25) is 0 Å². The minimum Gasteiger partial charge on any atom is -0.313 e. The Morgan fingerprint density at radius 3 is 2.37 bits per heavy atom. The molecule has 0 saturated heterocycles. The summed E-state index contributed by atoms with van der Waals surface area (Å²) in [6, 6.07) is 0.333. The van der Waals surface area contributed by atoms with E-state index in [0.29, 0.717) is 16.8 Å². The summed E-state index contributed by atoms with van der Waals surface area (Å²) in [6.07, 6.45) is -2.13. The zero-order valence-electron chi connectivity index (χ0n) is 11.2. The van der Waals surface area contributed by atoms with Gasteiger partial charge in [-0.2, -0.15) is 17.5 Å². The molecule has 0 aliphatic heterocycles. The van der Waals surface area contributed by atoms with Crippen LogP contribution in [0.1, 0.15) is 33.1 Å². The van der Waals surface area contributed by atoms with E-state index < -0.39 is 28.0 Å². The number of nitrogens with one attached hydrogen (secondary N) is 1. The number of sulfonamides is 1.